The van der Waals surface area contributed by atoms with Crippen LogP contribution in [0.4, 0.5) is 5.69 Å². The van der Waals surface area contributed by atoms with E-state index in [9.17, 15) is 4.79 Å². The zero-order valence-corrected chi connectivity index (χ0v) is 11.2. The number of ether oxygens (including phenoxy) is 1. The first kappa shape index (κ1) is 14.0. The van der Waals surface area contributed by atoms with Crippen molar-refractivity contribution in [1.29, 1.82) is 0 Å². The van der Waals surface area contributed by atoms with E-state index in [4.69, 9.17) is 10.5 Å². The van der Waals surface area contributed by atoms with Crippen molar-refractivity contribution in [1.82, 2.24) is 0 Å². The second-order valence-corrected chi connectivity index (χ2v) is 4.93. The molecule has 1 aliphatic heterocycles. The molecule has 4 heteroatoms. The summed E-state index contributed by atoms with van der Waals surface area (Å²) in [5.74, 6) is -0.0339. The van der Waals surface area contributed by atoms with Crippen LogP contribution in [0.2, 0.25) is 0 Å². The summed E-state index contributed by atoms with van der Waals surface area (Å²) in [5, 5.41) is 2.89. The average Bonchev–Trinajstić information content (AvgIpc) is 2.95. The summed E-state index contributed by atoms with van der Waals surface area (Å²) >= 11 is 0. The number of hydrogen-bond acceptors (Lipinski definition) is 3. The van der Waals surface area contributed by atoms with E-state index in [1.54, 1.807) is 0 Å². The summed E-state index contributed by atoms with van der Waals surface area (Å²) in [7, 11) is 0. The van der Waals surface area contributed by atoms with Crippen molar-refractivity contribution < 1.29 is 9.53 Å². The molecule has 0 radical (unpaired) electrons. The number of amides is 1. The zero-order chi connectivity index (χ0) is 13.5. The third kappa shape index (κ3) is 4.33. The van der Waals surface area contributed by atoms with E-state index in [1.807, 2.05) is 12.1 Å². The number of rotatable bonds is 6. The molecule has 0 aliphatic carbocycles. The van der Waals surface area contributed by atoms with Gasteiger partial charge in [0.1, 0.15) is 6.10 Å². The Morgan fingerprint density at radius 1 is 1.32 bits per heavy atom. The van der Waals surface area contributed by atoms with Crippen LogP contribution in [0.5, 0.6) is 0 Å². The van der Waals surface area contributed by atoms with E-state index in [1.165, 1.54) is 5.56 Å². The van der Waals surface area contributed by atoms with Crippen molar-refractivity contribution in [2.45, 2.75) is 38.2 Å². The number of hydrogen-bond donors (Lipinski definition) is 2. The predicted molar refractivity (Wildman–Crippen MR) is 76.0 cm³/mol. The highest BCUT2D eigenvalue weighted by Crippen LogP contribution is 2.16. The molecule has 19 heavy (non-hydrogen) atoms. The Bertz CT molecular complexity index is 397. The van der Waals surface area contributed by atoms with E-state index in [-0.39, 0.29) is 12.0 Å². The van der Waals surface area contributed by atoms with Crippen LogP contribution in [0.3, 0.4) is 0 Å². The largest absolute Gasteiger partial charge is 0.368 e. The van der Waals surface area contributed by atoms with Gasteiger partial charge in [-0.05, 0) is 56.3 Å². The second kappa shape index (κ2) is 7.26. The number of anilines is 1. The SMILES string of the molecule is NCCCCc1ccc(NC(=O)C2CCCO2)cc1. The van der Waals surface area contributed by atoms with Crippen LogP contribution in [0.15, 0.2) is 24.3 Å². The fourth-order valence-electron chi connectivity index (χ4n) is 2.24. The fourth-order valence-corrected chi connectivity index (χ4v) is 2.24. The summed E-state index contributed by atoms with van der Waals surface area (Å²) in [5.41, 5.74) is 7.59. The summed E-state index contributed by atoms with van der Waals surface area (Å²) < 4.78 is 5.35. The van der Waals surface area contributed by atoms with Crippen LogP contribution in [-0.4, -0.2) is 25.2 Å². The lowest BCUT2D eigenvalue weighted by atomic mass is 10.1. The van der Waals surface area contributed by atoms with Crippen LogP contribution < -0.4 is 11.1 Å². The fraction of sp³-hybridized carbons (Fsp3) is 0.533. The number of nitrogens with two attached hydrogens (primary N) is 1. The topological polar surface area (TPSA) is 64.3 Å². The van der Waals surface area contributed by atoms with E-state index in [0.29, 0.717) is 6.61 Å². The van der Waals surface area contributed by atoms with Crippen molar-refractivity contribution in [2.24, 2.45) is 5.73 Å². The zero-order valence-electron chi connectivity index (χ0n) is 11.2. The maximum atomic E-state index is 11.9. The normalized spacial score (nSPS) is 18.5. The molecule has 1 aliphatic rings. The van der Waals surface area contributed by atoms with Gasteiger partial charge in [-0.25, -0.2) is 0 Å². The van der Waals surface area contributed by atoms with E-state index >= 15 is 0 Å². The van der Waals surface area contributed by atoms with Crippen molar-refractivity contribution in [3.8, 4) is 0 Å². The quantitative estimate of drug-likeness (QED) is 0.771. The van der Waals surface area contributed by atoms with Gasteiger partial charge in [0.05, 0.1) is 0 Å². The maximum Gasteiger partial charge on any atom is 0.253 e. The molecule has 3 N–H and O–H groups in total. The minimum atomic E-state index is -0.274. The Labute approximate surface area is 114 Å². The lowest BCUT2D eigenvalue weighted by molar-refractivity contribution is -0.124. The molecule has 1 unspecified atom stereocenters. The van der Waals surface area contributed by atoms with E-state index in [2.05, 4.69) is 17.4 Å². The molecular weight excluding hydrogens is 240 g/mol. The first-order chi connectivity index (χ1) is 9.29. The molecule has 0 spiro atoms. The molecule has 0 aromatic heterocycles. The lowest BCUT2D eigenvalue weighted by Crippen LogP contribution is -2.26. The molecule has 4 nitrogen and oxygen atoms in total. The van der Waals surface area contributed by atoms with Crippen molar-refractivity contribution >= 4 is 11.6 Å². The summed E-state index contributed by atoms with van der Waals surface area (Å²) in [6, 6.07) is 8.01. The van der Waals surface area contributed by atoms with Crippen LogP contribution >= 0.6 is 0 Å². The smallest absolute Gasteiger partial charge is 0.253 e. The Hall–Kier alpha value is -1.39. The third-order valence-corrected chi connectivity index (χ3v) is 3.36. The van der Waals surface area contributed by atoms with Crippen molar-refractivity contribution in [2.75, 3.05) is 18.5 Å². The standard InChI is InChI=1S/C15H22N2O2/c16-10-2-1-4-12-6-8-13(9-7-12)17-15(18)14-5-3-11-19-14/h6-9,14H,1-5,10-11,16H2,(H,17,18). The first-order valence-corrected chi connectivity index (χ1v) is 7.01. The number of nitrogens with one attached hydrogen (secondary N) is 1. The maximum absolute atomic E-state index is 11.9. The summed E-state index contributed by atoms with van der Waals surface area (Å²) in [6.07, 6.45) is 4.72. The van der Waals surface area contributed by atoms with E-state index < -0.39 is 0 Å². The van der Waals surface area contributed by atoms with Crippen LogP contribution in [0.1, 0.15) is 31.2 Å². The Balaban J connectivity index is 1.82. The minimum Gasteiger partial charge on any atom is -0.368 e. The molecule has 1 aromatic carbocycles. The van der Waals surface area contributed by atoms with Gasteiger partial charge in [-0.3, -0.25) is 4.79 Å². The minimum absolute atomic E-state index is 0.0339. The molecule has 1 fully saturated rings. The Kier molecular flexibility index (Phi) is 5.36. The molecule has 1 atom stereocenters. The molecule has 0 saturated carbocycles. The number of benzene rings is 1. The van der Waals surface area contributed by atoms with Crippen LogP contribution in [-0.2, 0) is 16.0 Å². The highest BCUT2D eigenvalue weighted by atomic mass is 16.5. The average molecular weight is 262 g/mol. The second-order valence-electron chi connectivity index (χ2n) is 4.93. The highest BCUT2D eigenvalue weighted by Gasteiger charge is 2.23. The Morgan fingerprint density at radius 2 is 2.11 bits per heavy atom. The van der Waals surface area contributed by atoms with E-state index in [0.717, 1.165) is 44.3 Å². The molecule has 2 rings (SSSR count). The molecular formula is C15H22N2O2. The molecule has 0 bridgehead atoms. The summed E-state index contributed by atoms with van der Waals surface area (Å²) in [6.45, 7) is 1.44. The monoisotopic (exact) mass is 262 g/mol. The Morgan fingerprint density at radius 3 is 2.74 bits per heavy atom. The lowest BCUT2D eigenvalue weighted by Gasteiger charge is -2.10. The van der Waals surface area contributed by atoms with Gasteiger partial charge in [0.2, 0.25) is 0 Å². The van der Waals surface area contributed by atoms with Crippen LogP contribution in [0, 0.1) is 0 Å². The number of aryl methyl sites for hydroxylation is 1. The van der Waals surface area contributed by atoms with Crippen molar-refractivity contribution in [3.05, 3.63) is 29.8 Å². The van der Waals surface area contributed by atoms with Gasteiger partial charge in [0, 0.05) is 12.3 Å². The summed E-state index contributed by atoms with van der Waals surface area (Å²) in [4.78, 5) is 11.9. The number of carbonyl (C=O) groups excluding carboxylic acids is 1. The van der Waals surface area contributed by atoms with Gasteiger partial charge >= 0.3 is 0 Å². The van der Waals surface area contributed by atoms with Crippen LogP contribution in [0.25, 0.3) is 0 Å². The van der Waals surface area contributed by atoms with Gasteiger partial charge in [-0.15, -0.1) is 0 Å². The molecule has 1 saturated heterocycles. The predicted octanol–water partition coefficient (Wildman–Crippen LogP) is 2.09. The van der Waals surface area contributed by atoms with Gasteiger partial charge in [-0.1, -0.05) is 12.1 Å². The number of unbranched alkanes of at least 4 members (excludes halogenated alkanes) is 1. The highest BCUT2D eigenvalue weighted by molar-refractivity contribution is 5.94. The third-order valence-electron chi connectivity index (χ3n) is 3.36. The van der Waals surface area contributed by atoms with Crippen molar-refractivity contribution in [3.63, 3.8) is 0 Å². The molecule has 1 aromatic rings. The van der Waals surface area contributed by atoms with Gasteiger partial charge in [-0.2, -0.15) is 0 Å². The number of carbonyl (C=O) groups is 1. The first-order valence-electron chi connectivity index (χ1n) is 7.01. The van der Waals surface area contributed by atoms with Gasteiger partial charge in [0.25, 0.3) is 5.91 Å². The molecule has 1 amide bonds. The molecule has 1 heterocycles. The van der Waals surface area contributed by atoms with Gasteiger partial charge in [0.15, 0.2) is 0 Å². The molecule has 104 valence electrons. The van der Waals surface area contributed by atoms with Gasteiger partial charge < -0.3 is 15.8 Å².